The molecule has 32 heavy (non-hydrogen) atoms. The quantitative estimate of drug-likeness (QED) is 0.665. The molecule has 1 saturated heterocycles. The van der Waals surface area contributed by atoms with Crippen molar-refractivity contribution in [3.05, 3.63) is 52.8 Å². The Morgan fingerprint density at radius 1 is 1.09 bits per heavy atom. The highest BCUT2D eigenvalue weighted by atomic mass is 16.2. The summed E-state index contributed by atoms with van der Waals surface area (Å²) in [5, 5.41) is 7.40. The zero-order valence-corrected chi connectivity index (χ0v) is 19.2. The number of hydrogen-bond acceptors (Lipinski definition) is 5. The van der Waals surface area contributed by atoms with E-state index in [1.165, 1.54) is 5.56 Å². The maximum absolute atomic E-state index is 13.1. The molecule has 0 aliphatic carbocycles. The molecule has 0 radical (unpaired) electrons. The number of aromatic nitrogens is 2. The molecule has 8 nitrogen and oxygen atoms in total. The summed E-state index contributed by atoms with van der Waals surface area (Å²) in [7, 11) is 2.15. The molecule has 0 spiro atoms. The lowest BCUT2D eigenvalue weighted by Crippen LogP contribution is -2.45. The number of nitrogens with one attached hydrogen (secondary N) is 1. The predicted molar refractivity (Wildman–Crippen MR) is 124 cm³/mol. The molecule has 172 valence electrons. The Hall–Kier alpha value is -2.71. The number of benzene rings is 1. The molecule has 1 aromatic heterocycles. The monoisotopic (exact) mass is 438 g/mol. The van der Waals surface area contributed by atoms with Gasteiger partial charge < -0.3 is 20.0 Å². The van der Waals surface area contributed by atoms with E-state index in [4.69, 9.17) is 0 Å². The molecule has 0 unspecified atom stereocenters. The standard InChI is InChI=1S/C24H34N6O2/c1-19-6-3-7-20(16-19)18-29-10-5-11-30-22(24(29)32)17-21(26-30)23(31)25-8-4-9-28-14-12-27(2)13-15-28/h3,6-7,16-17H,4-5,8-15,18H2,1-2H3,(H,25,31). The Morgan fingerprint density at radius 2 is 1.91 bits per heavy atom. The molecule has 0 atom stereocenters. The van der Waals surface area contributed by atoms with Crippen LogP contribution in [0.25, 0.3) is 0 Å². The number of carbonyl (C=O) groups is 2. The van der Waals surface area contributed by atoms with Crippen LogP contribution in [0.4, 0.5) is 0 Å². The van der Waals surface area contributed by atoms with Gasteiger partial charge in [0, 0.05) is 58.4 Å². The minimum Gasteiger partial charge on any atom is -0.351 e. The minimum atomic E-state index is -0.206. The fourth-order valence-corrected chi connectivity index (χ4v) is 4.39. The van der Waals surface area contributed by atoms with E-state index in [2.05, 4.69) is 46.3 Å². The molecule has 2 amide bonds. The summed E-state index contributed by atoms with van der Waals surface area (Å²) in [6, 6.07) is 9.87. The molecule has 8 heteroatoms. The number of carbonyl (C=O) groups excluding carboxylic acids is 2. The second-order valence-electron chi connectivity index (χ2n) is 8.96. The largest absolute Gasteiger partial charge is 0.351 e. The number of nitrogens with zero attached hydrogens (tertiary/aromatic N) is 5. The van der Waals surface area contributed by atoms with Crippen LogP contribution in [0.5, 0.6) is 0 Å². The van der Waals surface area contributed by atoms with E-state index in [0.29, 0.717) is 37.6 Å². The molecule has 1 fully saturated rings. The summed E-state index contributed by atoms with van der Waals surface area (Å²) in [5.74, 6) is -0.271. The number of aryl methyl sites for hydroxylation is 2. The molecule has 0 saturated carbocycles. The third-order valence-electron chi connectivity index (χ3n) is 6.31. The van der Waals surface area contributed by atoms with Crippen LogP contribution < -0.4 is 5.32 Å². The van der Waals surface area contributed by atoms with E-state index in [1.807, 2.05) is 17.0 Å². The molecular formula is C24H34N6O2. The summed E-state index contributed by atoms with van der Waals surface area (Å²) >= 11 is 0. The number of fused-ring (bicyclic) bond motifs is 1. The maximum Gasteiger partial charge on any atom is 0.272 e. The highest BCUT2D eigenvalue weighted by Crippen LogP contribution is 2.17. The average Bonchev–Trinajstić information content (AvgIpc) is 3.15. The Morgan fingerprint density at radius 3 is 2.69 bits per heavy atom. The van der Waals surface area contributed by atoms with E-state index in [0.717, 1.165) is 51.1 Å². The number of amides is 2. The fourth-order valence-electron chi connectivity index (χ4n) is 4.39. The lowest BCUT2D eigenvalue weighted by atomic mass is 10.1. The summed E-state index contributed by atoms with van der Waals surface area (Å²) in [5.41, 5.74) is 3.12. The number of rotatable bonds is 7. The first-order valence-corrected chi connectivity index (χ1v) is 11.6. The van der Waals surface area contributed by atoms with Crippen LogP contribution in [0.2, 0.25) is 0 Å². The van der Waals surface area contributed by atoms with Crippen molar-refractivity contribution in [2.75, 3.05) is 52.9 Å². The Kier molecular flexibility index (Phi) is 7.22. The molecule has 4 rings (SSSR count). The first kappa shape index (κ1) is 22.5. The van der Waals surface area contributed by atoms with Crippen LogP contribution in [0.1, 0.15) is 44.9 Å². The molecule has 1 N–H and O–H groups in total. The van der Waals surface area contributed by atoms with Gasteiger partial charge in [-0.2, -0.15) is 5.10 Å². The van der Waals surface area contributed by atoms with E-state index >= 15 is 0 Å². The average molecular weight is 439 g/mol. The van der Waals surface area contributed by atoms with Crippen LogP contribution in [0.3, 0.4) is 0 Å². The Labute approximate surface area is 190 Å². The topological polar surface area (TPSA) is 73.7 Å². The van der Waals surface area contributed by atoms with E-state index in [-0.39, 0.29) is 11.8 Å². The molecule has 2 aliphatic heterocycles. The molecule has 2 aliphatic rings. The molecule has 3 heterocycles. The number of likely N-dealkylation sites (N-methyl/N-ethyl adjacent to an activating group) is 1. The van der Waals surface area contributed by atoms with Gasteiger partial charge in [0.1, 0.15) is 5.69 Å². The third-order valence-corrected chi connectivity index (χ3v) is 6.31. The highest BCUT2D eigenvalue weighted by Gasteiger charge is 2.26. The highest BCUT2D eigenvalue weighted by molar-refractivity contribution is 5.98. The summed E-state index contributed by atoms with van der Waals surface area (Å²) in [4.78, 5) is 32.4. The van der Waals surface area contributed by atoms with E-state index < -0.39 is 0 Å². The Bertz CT molecular complexity index is 948. The lowest BCUT2D eigenvalue weighted by molar-refractivity contribution is 0.0745. The number of hydrogen-bond donors (Lipinski definition) is 1. The predicted octanol–water partition coefficient (Wildman–Crippen LogP) is 1.60. The second kappa shape index (κ2) is 10.3. The zero-order valence-electron chi connectivity index (χ0n) is 19.2. The molecular weight excluding hydrogens is 404 g/mol. The smallest absolute Gasteiger partial charge is 0.272 e. The van der Waals surface area contributed by atoms with Crippen LogP contribution in [-0.2, 0) is 13.1 Å². The Balaban J connectivity index is 1.31. The van der Waals surface area contributed by atoms with E-state index in [9.17, 15) is 9.59 Å². The van der Waals surface area contributed by atoms with Gasteiger partial charge in [0.25, 0.3) is 11.8 Å². The first-order valence-electron chi connectivity index (χ1n) is 11.6. The molecule has 1 aromatic carbocycles. The van der Waals surface area contributed by atoms with Crippen LogP contribution in [-0.4, -0.2) is 89.2 Å². The maximum atomic E-state index is 13.1. The van der Waals surface area contributed by atoms with Crippen molar-refractivity contribution in [3.63, 3.8) is 0 Å². The zero-order chi connectivity index (χ0) is 22.5. The van der Waals surface area contributed by atoms with Crippen molar-refractivity contribution in [1.29, 1.82) is 0 Å². The first-order chi connectivity index (χ1) is 15.5. The lowest BCUT2D eigenvalue weighted by Gasteiger charge is -2.32. The minimum absolute atomic E-state index is 0.0642. The van der Waals surface area contributed by atoms with Gasteiger partial charge in [-0.25, -0.2) is 0 Å². The van der Waals surface area contributed by atoms with Crippen molar-refractivity contribution >= 4 is 11.8 Å². The van der Waals surface area contributed by atoms with Gasteiger partial charge in [-0.3, -0.25) is 14.3 Å². The van der Waals surface area contributed by atoms with Crippen molar-refractivity contribution < 1.29 is 9.59 Å². The summed E-state index contributed by atoms with van der Waals surface area (Å²) in [6.45, 7) is 9.91. The van der Waals surface area contributed by atoms with Crippen molar-refractivity contribution in [2.24, 2.45) is 0 Å². The van der Waals surface area contributed by atoms with Gasteiger partial charge in [0.15, 0.2) is 5.69 Å². The normalized spacial score (nSPS) is 17.8. The third kappa shape index (κ3) is 5.55. The van der Waals surface area contributed by atoms with Gasteiger partial charge in [0.05, 0.1) is 0 Å². The van der Waals surface area contributed by atoms with Gasteiger partial charge in [-0.05, 0) is 38.9 Å². The van der Waals surface area contributed by atoms with Crippen molar-refractivity contribution in [1.82, 2.24) is 29.8 Å². The van der Waals surface area contributed by atoms with Gasteiger partial charge in [-0.15, -0.1) is 0 Å². The summed E-state index contributed by atoms with van der Waals surface area (Å²) in [6.07, 6.45) is 1.73. The van der Waals surface area contributed by atoms with Gasteiger partial charge in [-0.1, -0.05) is 29.8 Å². The van der Waals surface area contributed by atoms with Gasteiger partial charge in [0.2, 0.25) is 0 Å². The van der Waals surface area contributed by atoms with Crippen molar-refractivity contribution in [2.45, 2.75) is 32.9 Å². The van der Waals surface area contributed by atoms with Crippen molar-refractivity contribution in [3.8, 4) is 0 Å². The SMILES string of the molecule is Cc1cccc(CN2CCCn3nc(C(=O)NCCCN4CCN(C)CC4)cc3C2=O)c1. The van der Waals surface area contributed by atoms with Crippen LogP contribution in [0, 0.1) is 6.92 Å². The van der Waals surface area contributed by atoms with E-state index in [1.54, 1.807) is 10.7 Å². The second-order valence-corrected chi connectivity index (χ2v) is 8.96. The van der Waals surface area contributed by atoms with Crippen LogP contribution >= 0.6 is 0 Å². The molecule has 0 bridgehead atoms. The number of piperazine rings is 1. The molecule has 2 aromatic rings. The van der Waals surface area contributed by atoms with Crippen LogP contribution in [0.15, 0.2) is 30.3 Å². The fraction of sp³-hybridized carbons (Fsp3) is 0.542. The van der Waals surface area contributed by atoms with Gasteiger partial charge >= 0.3 is 0 Å². The summed E-state index contributed by atoms with van der Waals surface area (Å²) < 4.78 is 1.69.